The average molecular weight is 266 g/mol. The molecule has 1 amide bonds. The van der Waals surface area contributed by atoms with Crippen LogP contribution < -0.4 is 5.73 Å². The quantitative estimate of drug-likeness (QED) is 0.854. The fourth-order valence-corrected chi connectivity index (χ4v) is 3.86. The molecule has 2 rings (SSSR count). The Labute approximate surface area is 117 Å². The molecule has 110 valence electrons. The van der Waals surface area contributed by atoms with E-state index in [2.05, 4.69) is 13.8 Å². The molecule has 0 aromatic carbocycles. The minimum absolute atomic E-state index is 0.199. The molecule has 0 aliphatic heterocycles. The topological polar surface area (TPSA) is 46.3 Å². The van der Waals surface area contributed by atoms with Crippen LogP contribution in [0.25, 0.3) is 0 Å². The highest BCUT2D eigenvalue weighted by Gasteiger charge is 2.37. The zero-order valence-corrected chi connectivity index (χ0v) is 12.8. The van der Waals surface area contributed by atoms with Gasteiger partial charge in [0.25, 0.3) is 0 Å². The molecule has 0 saturated heterocycles. The predicted molar refractivity (Wildman–Crippen MR) is 78.7 cm³/mol. The monoisotopic (exact) mass is 266 g/mol. The third-order valence-electron chi connectivity index (χ3n) is 5.48. The van der Waals surface area contributed by atoms with Crippen LogP contribution in [-0.2, 0) is 4.79 Å². The van der Waals surface area contributed by atoms with Gasteiger partial charge in [0.05, 0.1) is 0 Å². The van der Waals surface area contributed by atoms with Crippen molar-refractivity contribution in [1.82, 2.24) is 4.90 Å². The Hall–Kier alpha value is -0.570. The molecule has 0 aromatic heterocycles. The molecule has 2 N–H and O–H groups in total. The van der Waals surface area contributed by atoms with Crippen LogP contribution in [-0.4, -0.2) is 30.4 Å². The smallest absolute Gasteiger partial charge is 0.225 e. The van der Waals surface area contributed by atoms with E-state index in [1.807, 2.05) is 11.9 Å². The van der Waals surface area contributed by atoms with Gasteiger partial charge in [-0.2, -0.15) is 0 Å². The molecule has 2 atom stereocenters. The maximum Gasteiger partial charge on any atom is 0.225 e. The highest BCUT2D eigenvalue weighted by molar-refractivity contribution is 5.79. The Balaban J connectivity index is 1.92. The first-order valence-electron chi connectivity index (χ1n) is 7.91. The van der Waals surface area contributed by atoms with Crippen molar-refractivity contribution in [3.8, 4) is 0 Å². The van der Waals surface area contributed by atoms with E-state index in [1.54, 1.807) is 0 Å². The second-order valence-electron chi connectivity index (χ2n) is 7.38. The van der Waals surface area contributed by atoms with Crippen LogP contribution in [0.1, 0.15) is 58.8 Å². The van der Waals surface area contributed by atoms with Gasteiger partial charge in [-0.05, 0) is 56.4 Å². The van der Waals surface area contributed by atoms with Crippen molar-refractivity contribution in [1.29, 1.82) is 0 Å². The molecule has 3 nitrogen and oxygen atoms in total. The van der Waals surface area contributed by atoms with Crippen molar-refractivity contribution >= 4 is 5.91 Å². The van der Waals surface area contributed by atoms with Crippen LogP contribution in [0.3, 0.4) is 0 Å². The summed E-state index contributed by atoms with van der Waals surface area (Å²) in [5.74, 6) is 0.984. The molecule has 0 heterocycles. The molecule has 2 aliphatic rings. The summed E-state index contributed by atoms with van der Waals surface area (Å²) in [6, 6.07) is 0.458. The van der Waals surface area contributed by atoms with Gasteiger partial charge in [-0.15, -0.1) is 0 Å². The van der Waals surface area contributed by atoms with Gasteiger partial charge in [-0.1, -0.05) is 20.3 Å². The van der Waals surface area contributed by atoms with E-state index in [0.717, 1.165) is 25.7 Å². The summed E-state index contributed by atoms with van der Waals surface area (Å²) in [7, 11) is 2.01. The van der Waals surface area contributed by atoms with Crippen molar-refractivity contribution in [3.63, 3.8) is 0 Å². The second-order valence-corrected chi connectivity index (χ2v) is 7.38. The van der Waals surface area contributed by atoms with E-state index in [4.69, 9.17) is 5.73 Å². The SMILES string of the molecule is CN(C(=O)C1CCCC1CN)C1CCC(C)(C)CC1. The number of rotatable bonds is 3. The van der Waals surface area contributed by atoms with Gasteiger partial charge < -0.3 is 10.6 Å². The van der Waals surface area contributed by atoms with Gasteiger partial charge in [-0.25, -0.2) is 0 Å². The minimum atomic E-state index is 0.199. The summed E-state index contributed by atoms with van der Waals surface area (Å²) in [4.78, 5) is 14.7. The molecule has 2 saturated carbocycles. The molecule has 3 heteroatoms. The van der Waals surface area contributed by atoms with Crippen molar-refractivity contribution in [2.75, 3.05) is 13.6 Å². The average Bonchev–Trinajstić information content (AvgIpc) is 2.85. The molecular formula is C16H30N2O. The molecular weight excluding hydrogens is 236 g/mol. The fraction of sp³-hybridized carbons (Fsp3) is 0.938. The molecule has 2 fully saturated rings. The zero-order valence-electron chi connectivity index (χ0n) is 12.8. The first-order chi connectivity index (χ1) is 8.94. The normalized spacial score (nSPS) is 31.4. The Morgan fingerprint density at radius 2 is 1.84 bits per heavy atom. The predicted octanol–water partition coefficient (Wildman–Crippen LogP) is 2.79. The van der Waals surface area contributed by atoms with E-state index >= 15 is 0 Å². The Bertz CT molecular complexity index is 317. The van der Waals surface area contributed by atoms with Crippen LogP contribution in [0, 0.1) is 17.3 Å². The first-order valence-corrected chi connectivity index (χ1v) is 7.91. The lowest BCUT2D eigenvalue weighted by molar-refractivity contribution is -0.138. The number of hydrogen-bond acceptors (Lipinski definition) is 2. The number of amides is 1. The van der Waals surface area contributed by atoms with E-state index in [0.29, 0.717) is 29.8 Å². The van der Waals surface area contributed by atoms with Gasteiger partial charge in [-0.3, -0.25) is 4.79 Å². The third kappa shape index (κ3) is 3.31. The van der Waals surface area contributed by atoms with Crippen LogP contribution in [0.4, 0.5) is 0 Å². The third-order valence-corrected chi connectivity index (χ3v) is 5.48. The molecule has 2 unspecified atom stereocenters. The molecule has 0 spiro atoms. The van der Waals surface area contributed by atoms with Gasteiger partial charge in [0.1, 0.15) is 0 Å². The van der Waals surface area contributed by atoms with E-state index in [9.17, 15) is 4.79 Å². The lowest BCUT2D eigenvalue weighted by Gasteiger charge is -2.39. The summed E-state index contributed by atoms with van der Waals surface area (Å²) in [6.45, 7) is 5.35. The highest BCUT2D eigenvalue weighted by atomic mass is 16.2. The van der Waals surface area contributed by atoms with Crippen molar-refractivity contribution in [2.45, 2.75) is 64.8 Å². The van der Waals surface area contributed by atoms with Crippen LogP contribution >= 0.6 is 0 Å². The number of nitrogens with two attached hydrogens (primary N) is 1. The number of hydrogen-bond donors (Lipinski definition) is 1. The fourth-order valence-electron chi connectivity index (χ4n) is 3.86. The molecule has 0 bridgehead atoms. The second kappa shape index (κ2) is 5.82. The molecule has 0 aromatic rings. The number of nitrogens with zero attached hydrogens (tertiary/aromatic N) is 1. The maximum absolute atomic E-state index is 12.6. The molecule has 19 heavy (non-hydrogen) atoms. The first kappa shape index (κ1) is 14.8. The van der Waals surface area contributed by atoms with Crippen LogP contribution in [0.5, 0.6) is 0 Å². The van der Waals surface area contributed by atoms with E-state index in [-0.39, 0.29) is 5.92 Å². The largest absolute Gasteiger partial charge is 0.343 e. The van der Waals surface area contributed by atoms with Crippen LogP contribution in [0.15, 0.2) is 0 Å². The van der Waals surface area contributed by atoms with E-state index in [1.165, 1.54) is 19.3 Å². The number of carbonyl (C=O) groups excluding carboxylic acids is 1. The summed E-state index contributed by atoms with van der Waals surface area (Å²) < 4.78 is 0. The maximum atomic E-state index is 12.6. The summed E-state index contributed by atoms with van der Waals surface area (Å²) in [5.41, 5.74) is 6.27. The Morgan fingerprint density at radius 3 is 2.42 bits per heavy atom. The van der Waals surface area contributed by atoms with Crippen molar-refractivity contribution in [3.05, 3.63) is 0 Å². The van der Waals surface area contributed by atoms with Gasteiger partial charge in [0.15, 0.2) is 0 Å². The lowest BCUT2D eigenvalue weighted by atomic mass is 9.75. The lowest BCUT2D eigenvalue weighted by Crippen LogP contribution is -2.44. The minimum Gasteiger partial charge on any atom is -0.343 e. The summed E-state index contributed by atoms with van der Waals surface area (Å²) in [6.07, 6.45) is 8.15. The molecule has 2 aliphatic carbocycles. The van der Waals surface area contributed by atoms with Gasteiger partial charge in [0, 0.05) is 19.0 Å². The van der Waals surface area contributed by atoms with Crippen molar-refractivity contribution in [2.24, 2.45) is 23.0 Å². The molecule has 0 radical (unpaired) electrons. The van der Waals surface area contributed by atoms with Gasteiger partial charge >= 0.3 is 0 Å². The zero-order chi connectivity index (χ0) is 14.0. The van der Waals surface area contributed by atoms with Crippen molar-refractivity contribution < 1.29 is 4.79 Å². The van der Waals surface area contributed by atoms with E-state index < -0.39 is 0 Å². The van der Waals surface area contributed by atoms with Crippen LogP contribution in [0.2, 0.25) is 0 Å². The standard InChI is InChI=1S/C16H30N2O/c1-16(2)9-7-13(8-10-16)18(3)15(19)14-6-4-5-12(14)11-17/h12-14H,4-11,17H2,1-3H3. The van der Waals surface area contributed by atoms with Gasteiger partial charge in [0.2, 0.25) is 5.91 Å². The highest BCUT2D eigenvalue weighted by Crippen LogP contribution is 2.38. The number of carbonyl (C=O) groups is 1. The summed E-state index contributed by atoms with van der Waals surface area (Å²) >= 11 is 0. The Morgan fingerprint density at radius 1 is 1.21 bits per heavy atom. The Kier molecular flexibility index (Phi) is 4.54. The summed E-state index contributed by atoms with van der Waals surface area (Å²) in [5, 5.41) is 0.